The van der Waals surface area contributed by atoms with Crippen LogP contribution in [0, 0.1) is 11.8 Å². The number of rotatable bonds is 8. The molecule has 1 N–H and O–H groups in total. The van der Waals surface area contributed by atoms with E-state index in [9.17, 15) is 0 Å². The molecule has 1 unspecified atom stereocenters. The van der Waals surface area contributed by atoms with E-state index in [1.165, 1.54) is 43.4 Å². The maximum absolute atomic E-state index is 3.48. The summed E-state index contributed by atoms with van der Waals surface area (Å²) in [4.78, 5) is 2.49. The maximum atomic E-state index is 3.48. The standard InChI is InChI=1S/C19H32N2/c1-15(2)12-16-8-10-18(11-9-16)19(20-3)14-21(4)13-17-6-5-7-17/h8-11,15,17,19-20H,5-7,12-14H2,1-4H3. The van der Waals surface area contributed by atoms with Crippen LogP contribution in [0.3, 0.4) is 0 Å². The van der Waals surface area contributed by atoms with Crippen molar-refractivity contribution in [2.24, 2.45) is 11.8 Å². The van der Waals surface area contributed by atoms with Crippen LogP contribution in [0.2, 0.25) is 0 Å². The summed E-state index contributed by atoms with van der Waals surface area (Å²) in [5, 5.41) is 3.48. The van der Waals surface area contributed by atoms with Gasteiger partial charge >= 0.3 is 0 Å². The minimum Gasteiger partial charge on any atom is -0.312 e. The van der Waals surface area contributed by atoms with Crippen molar-refractivity contribution in [3.05, 3.63) is 35.4 Å². The van der Waals surface area contributed by atoms with Gasteiger partial charge < -0.3 is 10.2 Å². The van der Waals surface area contributed by atoms with Crippen LogP contribution in [0.15, 0.2) is 24.3 Å². The van der Waals surface area contributed by atoms with Crippen molar-refractivity contribution in [1.82, 2.24) is 10.2 Å². The van der Waals surface area contributed by atoms with E-state index >= 15 is 0 Å². The molecule has 0 bridgehead atoms. The smallest absolute Gasteiger partial charge is 0.0446 e. The first-order chi connectivity index (χ1) is 10.1. The van der Waals surface area contributed by atoms with E-state index in [-0.39, 0.29) is 0 Å². The van der Waals surface area contributed by atoms with E-state index < -0.39 is 0 Å². The van der Waals surface area contributed by atoms with Gasteiger partial charge in [0, 0.05) is 19.1 Å². The van der Waals surface area contributed by atoms with Gasteiger partial charge in [0.2, 0.25) is 0 Å². The number of likely N-dealkylation sites (N-methyl/N-ethyl adjacent to an activating group) is 2. The molecule has 1 saturated carbocycles. The zero-order valence-corrected chi connectivity index (χ0v) is 14.2. The Labute approximate surface area is 130 Å². The summed E-state index contributed by atoms with van der Waals surface area (Å²) in [6.07, 6.45) is 5.47. The van der Waals surface area contributed by atoms with E-state index in [0.717, 1.165) is 18.4 Å². The summed E-state index contributed by atoms with van der Waals surface area (Å²) < 4.78 is 0. The largest absolute Gasteiger partial charge is 0.312 e. The lowest BCUT2D eigenvalue weighted by atomic mass is 9.85. The van der Waals surface area contributed by atoms with Crippen LogP contribution in [0.25, 0.3) is 0 Å². The minimum atomic E-state index is 0.433. The molecule has 1 aliphatic rings. The lowest BCUT2D eigenvalue weighted by Gasteiger charge is -2.32. The third-order valence-electron chi connectivity index (χ3n) is 4.66. The summed E-state index contributed by atoms with van der Waals surface area (Å²) >= 11 is 0. The van der Waals surface area contributed by atoms with Crippen LogP contribution in [-0.2, 0) is 6.42 Å². The fourth-order valence-corrected chi connectivity index (χ4v) is 3.22. The molecule has 1 atom stereocenters. The van der Waals surface area contributed by atoms with Gasteiger partial charge in [0.15, 0.2) is 0 Å². The molecule has 0 aliphatic heterocycles. The SMILES string of the molecule is CNC(CN(C)CC1CCC1)c1ccc(CC(C)C)cc1. The number of hydrogen-bond acceptors (Lipinski definition) is 2. The first kappa shape index (κ1) is 16.5. The maximum Gasteiger partial charge on any atom is 0.0446 e. The van der Waals surface area contributed by atoms with Crippen LogP contribution in [0.1, 0.15) is 50.3 Å². The van der Waals surface area contributed by atoms with Crippen LogP contribution < -0.4 is 5.32 Å². The van der Waals surface area contributed by atoms with E-state index in [1.54, 1.807) is 0 Å². The summed E-state index contributed by atoms with van der Waals surface area (Å²) in [5.74, 6) is 1.67. The Morgan fingerprint density at radius 2 is 1.86 bits per heavy atom. The highest BCUT2D eigenvalue weighted by Crippen LogP contribution is 2.27. The molecule has 2 nitrogen and oxygen atoms in total. The van der Waals surface area contributed by atoms with E-state index in [4.69, 9.17) is 0 Å². The predicted molar refractivity (Wildman–Crippen MR) is 91.6 cm³/mol. The van der Waals surface area contributed by atoms with Crippen LogP contribution in [-0.4, -0.2) is 32.1 Å². The van der Waals surface area contributed by atoms with Crippen molar-refractivity contribution < 1.29 is 0 Å². The van der Waals surface area contributed by atoms with Gasteiger partial charge in [0.05, 0.1) is 0 Å². The van der Waals surface area contributed by atoms with Gasteiger partial charge in [-0.1, -0.05) is 44.5 Å². The number of nitrogens with one attached hydrogen (secondary N) is 1. The van der Waals surface area contributed by atoms with Gasteiger partial charge in [0.1, 0.15) is 0 Å². The van der Waals surface area contributed by atoms with Crippen LogP contribution >= 0.6 is 0 Å². The quantitative estimate of drug-likeness (QED) is 0.781. The van der Waals surface area contributed by atoms with Gasteiger partial charge in [-0.25, -0.2) is 0 Å². The number of nitrogens with zero attached hydrogens (tertiary/aromatic N) is 1. The molecule has 118 valence electrons. The van der Waals surface area contributed by atoms with Crippen molar-refractivity contribution in [3.63, 3.8) is 0 Å². The molecule has 0 saturated heterocycles. The summed E-state index contributed by atoms with van der Waals surface area (Å²) in [6, 6.07) is 9.63. The first-order valence-electron chi connectivity index (χ1n) is 8.53. The highest BCUT2D eigenvalue weighted by atomic mass is 15.1. The Kier molecular flexibility index (Phi) is 6.25. The number of benzene rings is 1. The van der Waals surface area contributed by atoms with Crippen molar-refractivity contribution in [1.29, 1.82) is 0 Å². The molecule has 2 rings (SSSR count). The van der Waals surface area contributed by atoms with E-state index in [1.807, 2.05) is 0 Å². The highest BCUT2D eigenvalue weighted by Gasteiger charge is 2.20. The van der Waals surface area contributed by atoms with Gasteiger partial charge in [-0.05, 0) is 56.3 Å². The lowest BCUT2D eigenvalue weighted by molar-refractivity contribution is 0.193. The van der Waals surface area contributed by atoms with Gasteiger partial charge in [-0.15, -0.1) is 0 Å². The molecular formula is C19H32N2. The zero-order valence-electron chi connectivity index (χ0n) is 14.2. The predicted octanol–water partition coefficient (Wildman–Crippen LogP) is 3.88. The molecule has 0 amide bonds. The molecule has 1 aliphatic carbocycles. The minimum absolute atomic E-state index is 0.433. The lowest BCUT2D eigenvalue weighted by Crippen LogP contribution is -2.35. The second-order valence-electron chi connectivity index (χ2n) is 7.20. The molecule has 0 heterocycles. The van der Waals surface area contributed by atoms with Crippen molar-refractivity contribution in [2.45, 2.75) is 45.6 Å². The third kappa shape index (κ3) is 5.12. The molecule has 0 radical (unpaired) electrons. The van der Waals surface area contributed by atoms with Crippen molar-refractivity contribution in [3.8, 4) is 0 Å². The summed E-state index contributed by atoms with van der Waals surface area (Å²) in [7, 11) is 4.33. The van der Waals surface area contributed by atoms with Crippen LogP contribution in [0.5, 0.6) is 0 Å². The molecular weight excluding hydrogens is 256 g/mol. The summed E-state index contributed by atoms with van der Waals surface area (Å²) in [5.41, 5.74) is 2.86. The molecule has 2 heteroatoms. The molecule has 1 aromatic carbocycles. The second kappa shape index (κ2) is 7.95. The molecule has 1 aromatic rings. The topological polar surface area (TPSA) is 15.3 Å². The van der Waals surface area contributed by atoms with E-state index in [2.05, 4.69) is 62.4 Å². The van der Waals surface area contributed by atoms with Crippen LogP contribution in [0.4, 0.5) is 0 Å². The van der Waals surface area contributed by atoms with E-state index in [0.29, 0.717) is 6.04 Å². The van der Waals surface area contributed by atoms with Gasteiger partial charge in [-0.2, -0.15) is 0 Å². The average Bonchev–Trinajstić information content (AvgIpc) is 2.41. The Balaban J connectivity index is 1.89. The molecule has 21 heavy (non-hydrogen) atoms. The third-order valence-corrected chi connectivity index (χ3v) is 4.66. The molecule has 1 fully saturated rings. The molecule has 0 aromatic heterocycles. The normalized spacial score (nSPS) is 17.2. The van der Waals surface area contributed by atoms with Gasteiger partial charge in [-0.3, -0.25) is 0 Å². The average molecular weight is 288 g/mol. The Hall–Kier alpha value is -0.860. The number of hydrogen-bond donors (Lipinski definition) is 1. The molecule has 0 spiro atoms. The zero-order chi connectivity index (χ0) is 15.2. The van der Waals surface area contributed by atoms with Crippen molar-refractivity contribution >= 4 is 0 Å². The van der Waals surface area contributed by atoms with Gasteiger partial charge in [0.25, 0.3) is 0 Å². The second-order valence-corrected chi connectivity index (χ2v) is 7.20. The van der Waals surface area contributed by atoms with Crippen molar-refractivity contribution in [2.75, 3.05) is 27.2 Å². The fraction of sp³-hybridized carbons (Fsp3) is 0.684. The highest BCUT2D eigenvalue weighted by molar-refractivity contribution is 5.25. The Morgan fingerprint density at radius 3 is 2.33 bits per heavy atom. The Bertz CT molecular complexity index is 406. The Morgan fingerprint density at radius 1 is 1.19 bits per heavy atom. The first-order valence-corrected chi connectivity index (χ1v) is 8.53. The fourth-order valence-electron chi connectivity index (χ4n) is 3.22. The monoisotopic (exact) mass is 288 g/mol. The summed E-state index contributed by atoms with van der Waals surface area (Å²) in [6.45, 7) is 6.90.